The number of halogens is 6. The number of hydrogen-bond acceptors (Lipinski definition) is 2. The van der Waals surface area contributed by atoms with Gasteiger partial charge in [0.25, 0.3) is 0 Å². The molecule has 28 heavy (non-hydrogen) atoms. The van der Waals surface area contributed by atoms with Gasteiger partial charge in [-0.25, -0.2) is 0 Å². The molecule has 0 bridgehead atoms. The van der Waals surface area contributed by atoms with Crippen LogP contribution in [0.1, 0.15) is 51.4 Å². The van der Waals surface area contributed by atoms with Crippen molar-refractivity contribution >= 4 is 0 Å². The minimum atomic E-state index is -4.79. The third-order valence-electron chi connectivity index (χ3n) is 5.65. The molecular weight excluding hydrogens is 386 g/mol. The molecule has 1 radical (unpaired) electrons. The summed E-state index contributed by atoms with van der Waals surface area (Å²) in [5, 5.41) is 0. The van der Waals surface area contributed by atoms with Crippen LogP contribution in [0.2, 0.25) is 0 Å². The third kappa shape index (κ3) is 5.33. The molecule has 3 unspecified atom stereocenters. The van der Waals surface area contributed by atoms with Gasteiger partial charge in [0.15, 0.2) is 0 Å². The normalized spacial score (nSPS) is 30.2. The van der Waals surface area contributed by atoms with E-state index in [1.807, 2.05) is 0 Å². The first-order valence-corrected chi connectivity index (χ1v) is 9.48. The molecule has 2 aliphatic carbocycles. The van der Waals surface area contributed by atoms with Gasteiger partial charge in [-0.15, -0.1) is 13.2 Å². The van der Waals surface area contributed by atoms with Crippen LogP contribution in [0.3, 0.4) is 0 Å². The molecule has 0 N–H and O–H groups in total. The van der Waals surface area contributed by atoms with Crippen LogP contribution >= 0.6 is 0 Å². The molecule has 0 aliphatic heterocycles. The van der Waals surface area contributed by atoms with Crippen LogP contribution in [0.5, 0.6) is 5.75 Å². The van der Waals surface area contributed by atoms with E-state index < -0.39 is 30.2 Å². The molecule has 1 aromatic rings. The lowest BCUT2D eigenvalue weighted by atomic mass is 9.66. The van der Waals surface area contributed by atoms with Gasteiger partial charge in [0.05, 0.1) is 12.0 Å². The van der Waals surface area contributed by atoms with Crippen molar-refractivity contribution in [3.8, 4) is 5.75 Å². The zero-order chi connectivity index (χ0) is 20.4. The topological polar surface area (TPSA) is 18.5 Å². The number of alkyl halides is 6. The zero-order valence-corrected chi connectivity index (χ0v) is 15.3. The zero-order valence-electron chi connectivity index (χ0n) is 15.3. The molecule has 2 aliphatic rings. The summed E-state index contributed by atoms with van der Waals surface area (Å²) in [5.74, 6) is -0.478. The summed E-state index contributed by atoms with van der Waals surface area (Å²) < 4.78 is 88.6. The smallest absolute Gasteiger partial charge is 0.487 e. The van der Waals surface area contributed by atoms with E-state index in [9.17, 15) is 26.3 Å². The van der Waals surface area contributed by atoms with Crippen molar-refractivity contribution < 1.29 is 35.8 Å². The monoisotopic (exact) mass is 409 g/mol. The largest absolute Gasteiger partial charge is 0.522 e. The van der Waals surface area contributed by atoms with Crippen LogP contribution < -0.4 is 4.74 Å². The maximum atomic E-state index is 13.3. The first kappa shape index (κ1) is 21.3. The summed E-state index contributed by atoms with van der Waals surface area (Å²) in [6.07, 6.45) is -8.73. The minimum Gasteiger partial charge on any atom is -0.487 e. The van der Waals surface area contributed by atoms with E-state index in [0.717, 1.165) is 0 Å². The van der Waals surface area contributed by atoms with Gasteiger partial charge in [-0.2, -0.15) is 13.2 Å². The molecule has 3 atom stereocenters. The first-order chi connectivity index (χ1) is 13.1. The highest BCUT2D eigenvalue weighted by Gasteiger charge is 2.52. The van der Waals surface area contributed by atoms with E-state index in [2.05, 4.69) is 4.74 Å². The van der Waals surface area contributed by atoms with Gasteiger partial charge in [0.1, 0.15) is 11.4 Å². The summed E-state index contributed by atoms with van der Waals surface area (Å²) in [6, 6.07) is 8.55. The summed E-state index contributed by atoms with van der Waals surface area (Å²) in [5.41, 5.74) is -1.17. The summed E-state index contributed by atoms with van der Waals surface area (Å²) in [6.45, 7) is 0. The Kier molecular flexibility index (Phi) is 6.17. The SMILES string of the molecule is FC(F)(F)OC1CCCC(Oc2ccccc2)([C]2CCCC(C(F)(F)F)C2)C1. The van der Waals surface area contributed by atoms with Gasteiger partial charge >= 0.3 is 12.5 Å². The average molecular weight is 409 g/mol. The van der Waals surface area contributed by atoms with Crippen LogP contribution in [0.25, 0.3) is 0 Å². The lowest BCUT2D eigenvalue weighted by Crippen LogP contribution is -2.51. The summed E-state index contributed by atoms with van der Waals surface area (Å²) >= 11 is 0. The van der Waals surface area contributed by atoms with E-state index in [1.165, 1.54) is 0 Å². The van der Waals surface area contributed by atoms with Crippen molar-refractivity contribution in [3.05, 3.63) is 36.2 Å². The van der Waals surface area contributed by atoms with E-state index >= 15 is 0 Å². The van der Waals surface area contributed by atoms with Gasteiger partial charge < -0.3 is 4.74 Å². The van der Waals surface area contributed by atoms with Gasteiger partial charge in [-0.3, -0.25) is 4.74 Å². The molecule has 2 saturated carbocycles. The Morgan fingerprint density at radius 2 is 1.64 bits per heavy atom. The predicted octanol–water partition coefficient (Wildman–Crippen LogP) is 6.61. The minimum absolute atomic E-state index is 0.0386. The molecule has 0 aromatic heterocycles. The van der Waals surface area contributed by atoms with Gasteiger partial charge in [0.2, 0.25) is 0 Å². The standard InChI is InChI=1S/C20H23F6O2/c21-19(22,23)15-7-4-6-14(12-15)18(27-16-8-2-1-3-9-16)11-5-10-17(13-18)28-20(24,25)26/h1-3,8-9,15,17H,4-7,10-13H2. The molecule has 8 heteroatoms. The van der Waals surface area contributed by atoms with E-state index in [-0.39, 0.29) is 25.7 Å². The molecule has 1 aromatic carbocycles. The Hall–Kier alpha value is -1.44. The van der Waals surface area contributed by atoms with Crippen LogP contribution in [0.4, 0.5) is 26.3 Å². The van der Waals surface area contributed by atoms with Crippen molar-refractivity contribution in [1.82, 2.24) is 0 Å². The van der Waals surface area contributed by atoms with Gasteiger partial charge in [-0.1, -0.05) is 24.6 Å². The quantitative estimate of drug-likeness (QED) is 0.521. The highest BCUT2D eigenvalue weighted by molar-refractivity contribution is 5.26. The molecule has 157 valence electrons. The lowest BCUT2D eigenvalue weighted by molar-refractivity contribution is -0.348. The maximum absolute atomic E-state index is 13.3. The second-order valence-electron chi connectivity index (χ2n) is 7.63. The highest BCUT2D eigenvalue weighted by Crippen LogP contribution is 2.51. The molecule has 0 heterocycles. The Labute approximate surface area is 160 Å². The highest BCUT2D eigenvalue weighted by atomic mass is 19.4. The molecule has 0 saturated heterocycles. The Morgan fingerprint density at radius 3 is 2.29 bits per heavy atom. The Balaban J connectivity index is 1.86. The Morgan fingerprint density at radius 1 is 0.929 bits per heavy atom. The maximum Gasteiger partial charge on any atom is 0.522 e. The molecule has 0 spiro atoms. The van der Waals surface area contributed by atoms with Crippen molar-refractivity contribution in [2.75, 3.05) is 0 Å². The van der Waals surface area contributed by atoms with Crippen LogP contribution in [0, 0.1) is 11.8 Å². The van der Waals surface area contributed by atoms with E-state index in [1.54, 1.807) is 30.3 Å². The van der Waals surface area contributed by atoms with Gasteiger partial charge in [0, 0.05) is 12.3 Å². The predicted molar refractivity (Wildman–Crippen MR) is 90.5 cm³/mol. The fourth-order valence-electron chi connectivity index (χ4n) is 4.43. The molecule has 2 fully saturated rings. The van der Waals surface area contributed by atoms with Gasteiger partial charge in [-0.05, 0) is 50.7 Å². The van der Waals surface area contributed by atoms with Crippen molar-refractivity contribution in [2.24, 2.45) is 5.92 Å². The fraction of sp³-hybridized carbons (Fsp3) is 0.650. The molecule has 0 amide bonds. The molecule has 3 rings (SSSR count). The fourth-order valence-corrected chi connectivity index (χ4v) is 4.43. The first-order valence-electron chi connectivity index (χ1n) is 9.48. The van der Waals surface area contributed by atoms with Crippen molar-refractivity contribution in [1.29, 1.82) is 0 Å². The number of rotatable bonds is 4. The molecule has 2 nitrogen and oxygen atoms in total. The van der Waals surface area contributed by atoms with E-state index in [0.29, 0.717) is 37.4 Å². The van der Waals surface area contributed by atoms with E-state index in [4.69, 9.17) is 4.74 Å². The van der Waals surface area contributed by atoms with Crippen molar-refractivity contribution in [3.63, 3.8) is 0 Å². The van der Waals surface area contributed by atoms with Crippen LogP contribution in [-0.2, 0) is 4.74 Å². The second-order valence-corrected chi connectivity index (χ2v) is 7.63. The summed E-state index contributed by atoms with van der Waals surface area (Å²) in [4.78, 5) is 0. The number of benzene rings is 1. The van der Waals surface area contributed by atoms with Crippen LogP contribution in [-0.4, -0.2) is 24.2 Å². The number of ether oxygens (including phenoxy) is 2. The number of hydrogen-bond donors (Lipinski definition) is 0. The third-order valence-corrected chi connectivity index (χ3v) is 5.65. The Bertz CT molecular complexity index is 630. The number of para-hydroxylation sites is 1. The summed E-state index contributed by atoms with van der Waals surface area (Å²) in [7, 11) is 0. The lowest BCUT2D eigenvalue weighted by Gasteiger charge is -2.48. The molecular formula is C20H23F6O2. The van der Waals surface area contributed by atoms with Crippen molar-refractivity contribution in [2.45, 2.75) is 75.6 Å². The second kappa shape index (κ2) is 8.13. The average Bonchev–Trinajstić information content (AvgIpc) is 2.61. The van der Waals surface area contributed by atoms with Crippen LogP contribution in [0.15, 0.2) is 30.3 Å².